The third-order valence-electron chi connectivity index (χ3n) is 3.12. The molecule has 1 unspecified atom stereocenters. The van der Waals surface area contributed by atoms with Gasteiger partial charge >= 0.3 is 5.97 Å². The minimum absolute atomic E-state index is 0.307. The minimum atomic E-state index is -0.601. The number of rotatable bonds is 3. The first kappa shape index (κ1) is 12.4. The summed E-state index contributed by atoms with van der Waals surface area (Å²) in [6, 6.07) is 16.1. The molecule has 1 heterocycles. The van der Waals surface area contributed by atoms with Crippen molar-refractivity contribution in [3.05, 3.63) is 65.7 Å². The summed E-state index contributed by atoms with van der Waals surface area (Å²) in [5.74, 6) is 0.575. The molecule has 0 radical (unpaired) electrons. The maximum Gasteiger partial charge on any atom is 0.342 e. The number of hydrogen-bond donors (Lipinski definition) is 0. The number of aliphatic imine (C=N–C) groups is 1. The van der Waals surface area contributed by atoms with E-state index in [9.17, 15) is 4.79 Å². The quantitative estimate of drug-likeness (QED) is 0.803. The number of para-hydroxylation sites is 1. The van der Waals surface area contributed by atoms with Crippen molar-refractivity contribution in [3.8, 4) is 5.75 Å². The zero-order chi connectivity index (χ0) is 13.9. The first-order valence-electron chi connectivity index (χ1n) is 6.27. The van der Waals surface area contributed by atoms with Crippen molar-refractivity contribution in [2.24, 2.45) is 4.99 Å². The number of benzene rings is 2. The van der Waals surface area contributed by atoms with Crippen molar-refractivity contribution < 1.29 is 14.3 Å². The second kappa shape index (κ2) is 5.17. The fourth-order valence-electron chi connectivity index (χ4n) is 2.14. The minimum Gasteiger partial charge on any atom is -0.496 e. The smallest absolute Gasteiger partial charge is 0.342 e. The Morgan fingerprint density at radius 2 is 1.75 bits per heavy atom. The molecule has 3 rings (SSSR count). The van der Waals surface area contributed by atoms with Gasteiger partial charge in [-0.25, -0.2) is 9.79 Å². The number of ether oxygens (including phenoxy) is 2. The molecule has 0 bridgehead atoms. The highest BCUT2D eigenvalue weighted by Crippen LogP contribution is 2.29. The lowest BCUT2D eigenvalue weighted by Crippen LogP contribution is -2.09. The van der Waals surface area contributed by atoms with Gasteiger partial charge in [-0.3, -0.25) is 0 Å². The maximum absolute atomic E-state index is 12.0. The Hall–Kier alpha value is -2.62. The molecule has 1 aliphatic rings. The van der Waals surface area contributed by atoms with Crippen molar-refractivity contribution in [1.29, 1.82) is 0 Å². The van der Waals surface area contributed by atoms with E-state index in [0.717, 1.165) is 5.56 Å². The van der Waals surface area contributed by atoms with Crippen LogP contribution in [0.3, 0.4) is 0 Å². The molecule has 4 heteroatoms. The highest BCUT2D eigenvalue weighted by atomic mass is 16.6. The largest absolute Gasteiger partial charge is 0.496 e. The fourth-order valence-corrected chi connectivity index (χ4v) is 2.14. The zero-order valence-corrected chi connectivity index (χ0v) is 10.9. The van der Waals surface area contributed by atoms with Gasteiger partial charge < -0.3 is 9.47 Å². The van der Waals surface area contributed by atoms with Gasteiger partial charge in [0.05, 0.1) is 12.7 Å². The van der Waals surface area contributed by atoms with Crippen molar-refractivity contribution in [1.82, 2.24) is 0 Å². The zero-order valence-electron chi connectivity index (χ0n) is 10.9. The van der Waals surface area contributed by atoms with Gasteiger partial charge in [-0.1, -0.05) is 42.5 Å². The van der Waals surface area contributed by atoms with Crippen LogP contribution in [0.15, 0.2) is 59.6 Å². The van der Waals surface area contributed by atoms with Crippen LogP contribution in [-0.4, -0.2) is 19.0 Å². The predicted octanol–water partition coefficient (Wildman–Crippen LogP) is 2.74. The van der Waals surface area contributed by atoms with Gasteiger partial charge in [-0.05, 0) is 17.7 Å². The summed E-state index contributed by atoms with van der Waals surface area (Å²) < 4.78 is 10.5. The van der Waals surface area contributed by atoms with Gasteiger partial charge in [0.1, 0.15) is 5.75 Å². The first-order valence-corrected chi connectivity index (χ1v) is 6.27. The molecule has 100 valence electrons. The molecule has 1 aliphatic heterocycles. The van der Waals surface area contributed by atoms with Crippen LogP contribution in [0.25, 0.3) is 0 Å². The summed E-state index contributed by atoms with van der Waals surface area (Å²) in [7, 11) is 1.57. The van der Waals surface area contributed by atoms with Gasteiger partial charge in [0.25, 0.3) is 0 Å². The molecule has 20 heavy (non-hydrogen) atoms. The van der Waals surface area contributed by atoms with Crippen molar-refractivity contribution in [3.63, 3.8) is 0 Å². The second-order valence-corrected chi connectivity index (χ2v) is 4.37. The molecule has 0 fully saturated rings. The van der Waals surface area contributed by atoms with E-state index in [1.165, 1.54) is 0 Å². The van der Waals surface area contributed by atoms with E-state index in [4.69, 9.17) is 9.47 Å². The molecule has 0 saturated heterocycles. The number of methoxy groups -OCH3 is 1. The number of carbonyl (C=O) groups is 1. The molecule has 0 amide bonds. The lowest BCUT2D eigenvalue weighted by atomic mass is 10.1. The van der Waals surface area contributed by atoms with E-state index in [1.54, 1.807) is 7.11 Å². The molecule has 0 aromatic heterocycles. The fraction of sp³-hybridized carbons (Fsp3) is 0.125. The molecule has 2 aromatic rings. The SMILES string of the molecule is COc1ccccc1C1=NC(c2ccccc2)C(=O)O1. The van der Waals surface area contributed by atoms with Crippen LogP contribution in [0.4, 0.5) is 0 Å². The van der Waals surface area contributed by atoms with E-state index < -0.39 is 6.04 Å². The number of cyclic esters (lactones) is 1. The van der Waals surface area contributed by atoms with Crippen LogP contribution >= 0.6 is 0 Å². The van der Waals surface area contributed by atoms with Crippen LogP contribution < -0.4 is 4.74 Å². The van der Waals surface area contributed by atoms with E-state index >= 15 is 0 Å². The Kier molecular flexibility index (Phi) is 3.21. The van der Waals surface area contributed by atoms with Crippen LogP contribution in [0, 0.1) is 0 Å². The average Bonchev–Trinajstić information content (AvgIpc) is 2.90. The van der Waals surface area contributed by atoms with Crippen molar-refractivity contribution in [2.45, 2.75) is 6.04 Å². The van der Waals surface area contributed by atoms with E-state index in [1.807, 2.05) is 54.6 Å². The van der Waals surface area contributed by atoms with Crippen molar-refractivity contribution >= 4 is 11.9 Å². The molecule has 2 aromatic carbocycles. The standard InChI is InChI=1S/C16H13NO3/c1-19-13-10-6-5-9-12(13)15-17-14(16(18)20-15)11-7-3-2-4-8-11/h2-10,14H,1H3. The summed E-state index contributed by atoms with van der Waals surface area (Å²) in [6.45, 7) is 0. The lowest BCUT2D eigenvalue weighted by molar-refractivity contribution is -0.135. The summed E-state index contributed by atoms with van der Waals surface area (Å²) in [6.07, 6.45) is 0. The van der Waals surface area contributed by atoms with E-state index in [2.05, 4.69) is 4.99 Å². The van der Waals surface area contributed by atoms with Gasteiger partial charge in [0, 0.05) is 0 Å². The Morgan fingerprint density at radius 1 is 1.05 bits per heavy atom. The van der Waals surface area contributed by atoms with Gasteiger partial charge in [0.2, 0.25) is 5.90 Å². The van der Waals surface area contributed by atoms with Crippen LogP contribution in [0.5, 0.6) is 5.75 Å². The molecule has 0 N–H and O–H groups in total. The monoisotopic (exact) mass is 267 g/mol. The normalized spacial score (nSPS) is 17.6. The Balaban J connectivity index is 1.98. The molecular weight excluding hydrogens is 254 g/mol. The van der Waals surface area contributed by atoms with Crippen LogP contribution in [0.2, 0.25) is 0 Å². The molecule has 1 atom stereocenters. The molecule has 0 spiro atoms. The van der Waals surface area contributed by atoms with Crippen LogP contribution in [-0.2, 0) is 9.53 Å². The second-order valence-electron chi connectivity index (χ2n) is 4.37. The summed E-state index contributed by atoms with van der Waals surface area (Å²) in [5.41, 5.74) is 1.50. The van der Waals surface area contributed by atoms with E-state index in [0.29, 0.717) is 17.2 Å². The third-order valence-corrected chi connectivity index (χ3v) is 3.12. The Bertz CT molecular complexity index is 664. The number of nitrogens with zero attached hydrogens (tertiary/aromatic N) is 1. The molecular formula is C16H13NO3. The maximum atomic E-state index is 12.0. The Labute approximate surface area is 116 Å². The number of hydrogen-bond acceptors (Lipinski definition) is 4. The topological polar surface area (TPSA) is 47.9 Å². The lowest BCUT2D eigenvalue weighted by Gasteiger charge is -2.05. The van der Waals surface area contributed by atoms with Gasteiger partial charge in [0.15, 0.2) is 6.04 Å². The summed E-state index contributed by atoms with van der Waals surface area (Å²) >= 11 is 0. The Morgan fingerprint density at radius 3 is 2.50 bits per heavy atom. The highest BCUT2D eigenvalue weighted by molar-refractivity contribution is 6.07. The first-order chi connectivity index (χ1) is 9.79. The summed E-state index contributed by atoms with van der Waals surface area (Å²) in [4.78, 5) is 16.4. The molecule has 0 saturated carbocycles. The van der Waals surface area contributed by atoms with Gasteiger partial charge in [-0.15, -0.1) is 0 Å². The average molecular weight is 267 g/mol. The van der Waals surface area contributed by atoms with Crippen LogP contribution in [0.1, 0.15) is 17.2 Å². The highest BCUT2D eigenvalue weighted by Gasteiger charge is 2.32. The van der Waals surface area contributed by atoms with Gasteiger partial charge in [-0.2, -0.15) is 0 Å². The molecule has 4 nitrogen and oxygen atoms in total. The third kappa shape index (κ3) is 2.16. The predicted molar refractivity (Wildman–Crippen MR) is 74.8 cm³/mol. The summed E-state index contributed by atoms with van der Waals surface area (Å²) in [5, 5.41) is 0. The number of esters is 1. The van der Waals surface area contributed by atoms with E-state index in [-0.39, 0.29) is 5.97 Å². The van der Waals surface area contributed by atoms with Crippen molar-refractivity contribution in [2.75, 3.05) is 7.11 Å². The molecule has 0 aliphatic carbocycles. The number of carbonyl (C=O) groups excluding carboxylic acids is 1.